The summed E-state index contributed by atoms with van der Waals surface area (Å²) in [5.41, 5.74) is 2.24. The molecule has 3 atom stereocenters. The fourth-order valence-electron chi connectivity index (χ4n) is 2.79. The normalized spacial score (nSPS) is 25.2. The van der Waals surface area contributed by atoms with Gasteiger partial charge in [0.1, 0.15) is 6.10 Å². The summed E-state index contributed by atoms with van der Waals surface area (Å²) in [6, 6.07) is 0. The Bertz CT molecular complexity index is 517. The zero-order valence-electron chi connectivity index (χ0n) is 13.4. The summed E-state index contributed by atoms with van der Waals surface area (Å²) >= 11 is 0. The fraction of sp³-hybridized carbons (Fsp3) is 0.733. The van der Waals surface area contributed by atoms with E-state index in [0.717, 1.165) is 17.7 Å². The van der Waals surface area contributed by atoms with Gasteiger partial charge in [0.2, 0.25) is 0 Å². The number of H-pyrrole nitrogens is 1. The number of nitrogens with one attached hydrogen (secondary N) is 1. The summed E-state index contributed by atoms with van der Waals surface area (Å²) in [5, 5.41) is 26.7. The second-order valence-corrected chi connectivity index (χ2v) is 5.73. The number of aliphatic hydroxyl groups excluding tert-OH is 2. The van der Waals surface area contributed by atoms with Crippen molar-refractivity contribution in [1.82, 2.24) is 15.1 Å². The lowest BCUT2D eigenvalue weighted by Crippen LogP contribution is -2.49. The molecule has 1 fully saturated rings. The van der Waals surface area contributed by atoms with Crippen molar-refractivity contribution >= 4 is 5.91 Å². The van der Waals surface area contributed by atoms with Gasteiger partial charge < -0.3 is 19.8 Å². The van der Waals surface area contributed by atoms with E-state index in [1.807, 2.05) is 20.8 Å². The number of amides is 1. The van der Waals surface area contributed by atoms with Crippen molar-refractivity contribution in [3.8, 4) is 0 Å². The molecule has 124 valence electrons. The molecule has 2 heterocycles. The predicted molar refractivity (Wildman–Crippen MR) is 80.6 cm³/mol. The van der Waals surface area contributed by atoms with Crippen LogP contribution in [0.25, 0.3) is 0 Å². The highest BCUT2D eigenvalue weighted by molar-refractivity contribution is 5.93. The molecule has 1 aromatic heterocycles. The van der Waals surface area contributed by atoms with Crippen LogP contribution in [-0.4, -0.2) is 69.7 Å². The molecule has 1 amide bonds. The van der Waals surface area contributed by atoms with Crippen molar-refractivity contribution in [2.45, 2.75) is 39.4 Å². The van der Waals surface area contributed by atoms with Gasteiger partial charge in [-0.05, 0) is 20.3 Å². The second kappa shape index (κ2) is 7.21. The maximum atomic E-state index is 12.6. The van der Waals surface area contributed by atoms with Crippen LogP contribution in [0.5, 0.6) is 0 Å². The maximum Gasteiger partial charge on any atom is 0.274 e. The molecule has 1 aromatic rings. The van der Waals surface area contributed by atoms with Crippen molar-refractivity contribution in [3.63, 3.8) is 0 Å². The lowest BCUT2D eigenvalue weighted by molar-refractivity contribution is -0.123. The molecule has 0 aromatic carbocycles. The van der Waals surface area contributed by atoms with E-state index in [1.165, 1.54) is 0 Å². The fourth-order valence-corrected chi connectivity index (χ4v) is 2.79. The molecule has 1 aliphatic rings. The Morgan fingerprint density at radius 3 is 2.73 bits per heavy atom. The molecule has 22 heavy (non-hydrogen) atoms. The van der Waals surface area contributed by atoms with Crippen molar-refractivity contribution < 1.29 is 19.7 Å². The molecule has 0 saturated carbocycles. The van der Waals surface area contributed by atoms with Gasteiger partial charge in [0.25, 0.3) is 5.91 Å². The molecule has 0 unspecified atom stereocenters. The number of aliphatic hydroxyl groups is 2. The van der Waals surface area contributed by atoms with Crippen molar-refractivity contribution in [1.29, 1.82) is 0 Å². The number of carbonyl (C=O) groups is 1. The van der Waals surface area contributed by atoms with E-state index >= 15 is 0 Å². The number of aromatic amines is 1. The number of nitrogens with zero attached hydrogens (tertiary/aromatic N) is 2. The van der Waals surface area contributed by atoms with Gasteiger partial charge in [-0.15, -0.1) is 0 Å². The van der Waals surface area contributed by atoms with E-state index in [4.69, 9.17) is 4.74 Å². The standard InChI is InChI=1S/C15H25N3O4/c1-4-11-9(3)13(17-16-11)15(21)18(5-2)6-10-7-22-8-12(19)14(10)20/h10,12,14,19-20H,4-8H2,1-3H3,(H,16,17)/t10-,12-,14+/m1/s1. The predicted octanol–water partition coefficient (Wildman–Crippen LogP) is 0.111. The first-order valence-corrected chi connectivity index (χ1v) is 7.76. The molecule has 0 aliphatic carbocycles. The summed E-state index contributed by atoms with van der Waals surface area (Å²) < 4.78 is 5.27. The second-order valence-electron chi connectivity index (χ2n) is 5.73. The number of hydrogen-bond donors (Lipinski definition) is 3. The van der Waals surface area contributed by atoms with E-state index in [0.29, 0.717) is 25.4 Å². The summed E-state index contributed by atoms with van der Waals surface area (Å²) in [7, 11) is 0. The highest BCUT2D eigenvalue weighted by Gasteiger charge is 2.34. The van der Waals surface area contributed by atoms with Crippen LogP contribution >= 0.6 is 0 Å². The first kappa shape index (κ1) is 16.9. The average molecular weight is 311 g/mol. The highest BCUT2D eigenvalue weighted by atomic mass is 16.5. The van der Waals surface area contributed by atoms with Crippen LogP contribution in [0.1, 0.15) is 35.6 Å². The van der Waals surface area contributed by atoms with Crippen LogP contribution in [0.2, 0.25) is 0 Å². The molecular weight excluding hydrogens is 286 g/mol. The molecule has 1 saturated heterocycles. The zero-order chi connectivity index (χ0) is 16.3. The molecule has 3 N–H and O–H groups in total. The van der Waals surface area contributed by atoms with Gasteiger partial charge in [0.15, 0.2) is 5.69 Å². The summed E-state index contributed by atoms with van der Waals surface area (Å²) in [6.07, 6.45) is -0.979. The first-order valence-electron chi connectivity index (χ1n) is 7.76. The Morgan fingerprint density at radius 2 is 2.14 bits per heavy atom. The van der Waals surface area contributed by atoms with Gasteiger partial charge in [-0.25, -0.2) is 0 Å². The average Bonchev–Trinajstić information content (AvgIpc) is 2.89. The van der Waals surface area contributed by atoms with Gasteiger partial charge in [-0.1, -0.05) is 6.92 Å². The van der Waals surface area contributed by atoms with E-state index in [1.54, 1.807) is 4.90 Å². The van der Waals surface area contributed by atoms with Crippen molar-refractivity contribution in [3.05, 3.63) is 17.0 Å². The first-order chi connectivity index (χ1) is 10.5. The molecule has 0 spiro atoms. The Balaban J connectivity index is 2.10. The lowest BCUT2D eigenvalue weighted by Gasteiger charge is -2.35. The van der Waals surface area contributed by atoms with Crippen LogP contribution in [0, 0.1) is 12.8 Å². The topological polar surface area (TPSA) is 98.7 Å². The summed E-state index contributed by atoms with van der Waals surface area (Å²) in [4.78, 5) is 14.3. The van der Waals surface area contributed by atoms with Crippen LogP contribution in [0.3, 0.4) is 0 Å². The molecular formula is C15H25N3O4. The van der Waals surface area contributed by atoms with E-state index in [2.05, 4.69) is 10.2 Å². The van der Waals surface area contributed by atoms with Gasteiger partial charge in [0, 0.05) is 30.3 Å². The largest absolute Gasteiger partial charge is 0.390 e. The van der Waals surface area contributed by atoms with Crippen molar-refractivity contribution in [2.75, 3.05) is 26.3 Å². The van der Waals surface area contributed by atoms with Crippen LogP contribution in [0.15, 0.2) is 0 Å². The van der Waals surface area contributed by atoms with E-state index in [9.17, 15) is 15.0 Å². The number of ether oxygens (including phenoxy) is 1. The number of rotatable bonds is 5. The number of hydrogen-bond acceptors (Lipinski definition) is 5. The monoisotopic (exact) mass is 311 g/mol. The lowest BCUT2D eigenvalue weighted by atomic mass is 9.95. The third kappa shape index (κ3) is 3.31. The van der Waals surface area contributed by atoms with E-state index < -0.39 is 12.2 Å². The molecule has 7 heteroatoms. The van der Waals surface area contributed by atoms with Crippen LogP contribution in [-0.2, 0) is 11.2 Å². The minimum atomic E-state index is -0.897. The summed E-state index contributed by atoms with van der Waals surface area (Å²) in [6.45, 7) is 7.08. The minimum Gasteiger partial charge on any atom is -0.390 e. The van der Waals surface area contributed by atoms with Crippen LogP contribution in [0.4, 0.5) is 0 Å². The molecule has 2 rings (SSSR count). The third-order valence-electron chi connectivity index (χ3n) is 4.29. The van der Waals surface area contributed by atoms with E-state index in [-0.39, 0.29) is 18.4 Å². The number of aryl methyl sites for hydroxylation is 1. The minimum absolute atomic E-state index is 0.135. The van der Waals surface area contributed by atoms with Gasteiger partial charge in [0.05, 0.1) is 19.3 Å². The zero-order valence-corrected chi connectivity index (χ0v) is 13.4. The van der Waals surface area contributed by atoms with Crippen LogP contribution < -0.4 is 0 Å². The van der Waals surface area contributed by atoms with Gasteiger partial charge >= 0.3 is 0 Å². The molecule has 0 radical (unpaired) electrons. The maximum absolute atomic E-state index is 12.6. The molecule has 7 nitrogen and oxygen atoms in total. The Morgan fingerprint density at radius 1 is 1.41 bits per heavy atom. The molecule has 1 aliphatic heterocycles. The Hall–Kier alpha value is -1.44. The number of aromatic nitrogens is 2. The Kier molecular flexibility index (Phi) is 5.55. The van der Waals surface area contributed by atoms with Crippen molar-refractivity contribution in [2.24, 2.45) is 5.92 Å². The highest BCUT2D eigenvalue weighted by Crippen LogP contribution is 2.19. The summed E-state index contributed by atoms with van der Waals surface area (Å²) in [5.74, 6) is -0.458. The quantitative estimate of drug-likeness (QED) is 0.717. The number of carbonyl (C=O) groups excluding carboxylic acids is 1. The van der Waals surface area contributed by atoms with Gasteiger partial charge in [-0.3, -0.25) is 9.89 Å². The Labute approximate surface area is 130 Å². The molecule has 0 bridgehead atoms. The van der Waals surface area contributed by atoms with Gasteiger partial charge in [-0.2, -0.15) is 5.10 Å². The third-order valence-corrected chi connectivity index (χ3v) is 4.29. The smallest absolute Gasteiger partial charge is 0.274 e. The SMILES string of the molecule is CCc1[nH]nc(C(=O)N(CC)C[C@@H]2COC[C@@H](O)[C@H]2O)c1C.